The summed E-state index contributed by atoms with van der Waals surface area (Å²) in [6.45, 7) is 4.44. The van der Waals surface area contributed by atoms with E-state index in [0.717, 1.165) is 5.56 Å². The van der Waals surface area contributed by atoms with Crippen molar-refractivity contribution in [1.29, 1.82) is 0 Å². The molecule has 106 valence electrons. The second kappa shape index (κ2) is 7.76. The Morgan fingerprint density at radius 2 is 2.21 bits per heavy atom. The highest BCUT2D eigenvalue weighted by molar-refractivity contribution is 5.77. The Balaban J connectivity index is 2.56. The third-order valence-corrected chi connectivity index (χ3v) is 2.61. The van der Waals surface area contributed by atoms with E-state index in [1.165, 1.54) is 0 Å². The van der Waals surface area contributed by atoms with Crippen molar-refractivity contribution >= 4 is 5.91 Å². The van der Waals surface area contributed by atoms with Gasteiger partial charge in [-0.15, -0.1) is 0 Å². The number of amides is 1. The summed E-state index contributed by atoms with van der Waals surface area (Å²) in [6.07, 6.45) is -0.632. The predicted octanol–water partition coefficient (Wildman–Crippen LogP) is 1.19. The summed E-state index contributed by atoms with van der Waals surface area (Å²) in [7, 11) is 1.57. The van der Waals surface area contributed by atoms with Crippen LogP contribution in [0.2, 0.25) is 0 Å². The van der Waals surface area contributed by atoms with Crippen LogP contribution in [0.1, 0.15) is 24.2 Å². The van der Waals surface area contributed by atoms with Crippen molar-refractivity contribution in [2.24, 2.45) is 0 Å². The lowest BCUT2D eigenvalue weighted by atomic mass is 10.1. The molecule has 1 unspecified atom stereocenters. The van der Waals surface area contributed by atoms with Gasteiger partial charge in [0.2, 0.25) is 0 Å². The van der Waals surface area contributed by atoms with Crippen molar-refractivity contribution in [2.45, 2.75) is 20.0 Å². The molecule has 1 aromatic rings. The van der Waals surface area contributed by atoms with Gasteiger partial charge in [0, 0.05) is 19.2 Å². The molecule has 19 heavy (non-hydrogen) atoms. The lowest BCUT2D eigenvalue weighted by Gasteiger charge is -2.14. The van der Waals surface area contributed by atoms with Crippen LogP contribution in [0.3, 0.4) is 0 Å². The number of aliphatic hydroxyl groups excluding tert-OH is 1. The first-order chi connectivity index (χ1) is 9.04. The number of nitrogens with one attached hydrogen (secondary N) is 1. The normalized spacial score (nSPS) is 12.0. The van der Waals surface area contributed by atoms with Crippen LogP contribution in [-0.4, -0.2) is 37.9 Å². The fraction of sp³-hybridized carbons (Fsp3) is 0.500. The average Bonchev–Trinajstić information content (AvgIpc) is 2.36. The number of carbonyl (C=O) groups is 1. The summed E-state index contributed by atoms with van der Waals surface area (Å²) in [5.41, 5.74) is 1.69. The molecule has 0 heterocycles. The van der Waals surface area contributed by atoms with Gasteiger partial charge in [-0.1, -0.05) is 12.1 Å². The van der Waals surface area contributed by atoms with Crippen LogP contribution < -0.4 is 10.1 Å². The highest BCUT2D eigenvalue weighted by Crippen LogP contribution is 2.26. The molecule has 0 bridgehead atoms. The van der Waals surface area contributed by atoms with Gasteiger partial charge < -0.3 is 19.9 Å². The Bertz CT molecular complexity index is 418. The molecule has 0 spiro atoms. The summed E-state index contributed by atoms with van der Waals surface area (Å²) in [5, 5.41) is 12.3. The molecular weight excluding hydrogens is 246 g/mol. The van der Waals surface area contributed by atoms with Crippen molar-refractivity contribution in [3.05, 3.63) is 29.3 Å². The lowest BCUT2D eigenvalue weighted by Crippen LogP contribution is -2.31. The summed E-state index contributed by atoms with van der Waals surface area (Å²) >= 11 is 0. The van der Waals surface area contributed by atoms with Crippen LogP contribution in [0.15, 0.2) is 18.2 Å². The fourth-order valence-electron chi connectivity index (χ4n) is 1.60. The fourth-order valence-corrected chi connectivity index (χ4v) is 1.60. The van der Waals surface area contributed by atoms with Crippen molar-refractivity contribution < 1.29 is 19.4 Å². The van der Waals surface area contributed by atoms with Gasteiger partial charge in [-0.25, -0.2) is 0 Å². The molecule has 1 atom stereocenters. The SMILES string of the molecule is COCCNC(=O)COc1cc(C)ccc1C(C)O. The topological polar surface area (TPSA) is 67.8 Å². The van der Waals surface area contributed by atoms with E-state index in [0.29, 0.717) is 24.5 Å². The summed E-state index contributed by atoms with van der Waals surface area (Å²) in [4.78, 5) is 11.5. The summed E-state index contributed by atoms with van der Waals surface area (Å²) < 4.78 is 10.3. The zero-order valence-electron chi connectivity index (χ0n) is 11.6. The van der Waals surface area contributed by atoms with E-state index in [4.69, 9.17) is 9.47 Å². The standard InChI is InChI=1S/C14H21NO4/c1-10-4-5-12(11(2)16)13(8-10)19-9-14(17)15-6-7-18-3/h4-5,8,11,16H,6-7,9H2,1-3H3,(H,15,17). The first-order valence-electron chi connectivity index (χ1n) is 6.21. The van der Waals surface area contributed by atoms with E-state index in [2.05, 4.69) is 5.32 Å². The molecule has 0 aliphatic carbocycles. The third kappa shape index (κ3) is 5.28. The zero-order valence-corrected chi connectivity index (χ0v) is 11.6. The second-order valence-corrected chi connectivity index (χ2v) is 4.35. The molecule has 0 saturated heterocycles. The highest BCUT2D eigenvalue weighted by atomic mass is 16.5. The van der Waals surface area contributed by atoms with E-state index < -0.39 is 6.10 Å². The molecule has 5 nitrogen and oxygen atoms in total. The number of methoxy groups -OCH3 is 1. The number of hydrogen-bond donors (Lipinski definition) is 2. The number of benzene rings is 1. The molecule has 0 saturated carbocycles. The van der Waals surface area contributed by atoms with Gasteiger partial charge in [0.05, 0.1) is 12.7 Å². The maximum atomic E-state index is 11.5. The number of carbonyl (C=O) groups excluding carboxylic acids is 1. The Morgan fingerprint density at radius 1 is 1.47 bits per heavy atom. The number of rotatable bonds is 7. The summed E-state index contributed by atoms with van der Waals surface area (Å²) in [5.74, 6) is 0.326. The minimum atomic E-state index is -0.632. The Labute approximate surface area is 113 Å². The van der Waals surface area contributed by atoms with E-state index in [-0.39, 0.29) is 12.5 Å². The smallest absolute Gasteiger partial charge is 0.258 e. The Kier molecular flexibility index (Phi) is 6.32. The number of hydrogen-bond acceptors (Lipinski definition) is 4. The maximum Gasteiger partial charge on any atom is 0.258 e. The minimum Gasteiger partial charge on any atom is -0.483 e. The van der Waals surface area contributed by atoms with Crippen LogP contribution in [-0.2, 0) is 9.53 Å². The largest absolute Gasteiger partial charge is 0.483 e. The van der Waals surface area contributed by atoms with Crippen LogP contribution >= 0.6 is 0 Å². The van der Waals surface area contributed by atoms with Gasteiger partial charge in [0.25, 0.3) is 5.91 Å². The molecule has 0 aliphatic heterocycles. The highest BCUT2D eigenvalue weighted by Gasteiger charge is 2.11. The first-order valence-corrected chi connectivity index (χ1v) is 6.21. The molecule has 0 aromatic heterocycles. The zero-order chi connectivity index (χ0) is 14.3. The molecule has 5 heteroatoms. The van der Waals surface area contributed by atoms with Gasteiger partial charge in [0.1, 0.15) is 5.75 Å². The molecule has 0 fully saturated rings. The lowest BCUT2D eigenvalue weighted by molar-refractivity contribution is -0.123. The van der Waals surface area contributed by atoms with Crippen molar-refractivity contribution in [3.8, 4) is 5.75 Å². The molecule has 2 N–H and O–H groups in total. The van der Waals surface area contributed by atoms with Crippen LogP contribution in [0.5, 0.6) is 5.75 Å². The van der Waals surface area contributed by atoms with E-state index in [9.17, 15) is 9.90 Å². The molecule has 1 amide bonds. The van der Waals surface area contributed by atoms with Crippen LogP contribution in [0.4, 0.5) is 0 Å². The quantitative estimate of drug-likeness (QED) is 0.728. The van der Waals surface area contributed by atoms with E-state index >= 15 is 0 Å². The number of aliphatic hydroxyl groups is 1. The van der Waals surface area contributed by atoms with Crippen LogP contribution in [0, 0.1) is 6.92 Å². The Morgan fingerprint density at radius 3 is 2.84 bits per heavy atom. The molecule has 0 aliphatic rings. The van der Waals surface area contributed by atoms with Gasteiger partial charge >= 0.3 is 0 Å². The van der Waals surface area contributed by atoms with Crippen molar-refractivity contribution in [2.75, 3.05) is 26.9 Å². The van der Waals surface area contributed by atoms with Gasteiger partial charge in [-0.2, -0.15) is 0 Å². The summed E-state index contributed by atoms with van der Waals surface area (Å²) in [6, 6.07) is 5.51. The van der Waals surface area contributed by atoms with Crippen LogP contribution in [0.25, 0.3) is 0 Å². The third-order valence-electron chi connectivity index (χ3n) is 2.61. The molecule has 1 rings (SSSR count). The second-order valence-electron chi connectivity index (χ2n) is 4.35. The molecular formula is C14H21NO4. The number of ether oxygens (including phenoxy) is 2. The van der Waals surface area contributed by atoms with Gasteiger partial charge in [-0.3, -0.25) is 4.79 Å². The maximum absolute atomic E-state index is 11.5. The number of aryl methyl sites for hydroxylation is 1. The monoisotopic (exact) mass is 267 g/mol. The van der Waals surface area contributed by atoms with Crippen molar-refractivity contribution in [3.63, 3.8) is 0 Å². The molecule has 1 aromatic carbocycles. The minimum absolute atomic E-state index is 0.0765. The van der Waals surface area contributed by atoms with E-state index in [1.54, 1.807) is 20.1 Å². The predicted molar refractivity (Wildman–Crippen MR) is 72.2 cm³/mol. The van der Waals surface area contributed by atoms with E-state index in [1.807, 2.05) is 19.1 Å². The first kappa shape index (κ1) is 15.5. The average molecular weight is 267 g/mol. The Hall–Kier alpha value is -1.59. The van der Waals surface area contributed by atoms with Gasteiger partial charge in [0.15, 0.2) is 6.61 Å². The van der Waals surface area contributed by atoms with Crippen molar-refractivity contribution in [1.82, 2.24) is 5.32 Å². The van der Waals surface area contributed by atoms with Gasteiger partial charge in [-0.05, 0) is 25.5 Å². The molecule has 0 radical (unpaired) electrons.